The third-order valence-corrected chi connectivity index (χ3v) is 3.28. The van der Waals surface area contributed by atoms with E-state index in [4.69, 9.17) is 5.11 Å². The van der Waals surface area contributed by atoms with Gasteiger partial charge in [0.2, 0.25) is 0 Å². The number of rotatable bonds is 8. The van der Waals surface area contributed by atoms with Gasteiger partial charge in [-0.15, -0.1) is 0 Å². The summed E-state index contributed by atoms with van der Waals surface area (Å²) in [5, 5.41) is 22.9. The van der Waals surface area contributed by atoms with Gasteiger partial charge >= 0.3 is 0 Å². The second kappa shape index (κ2) is 7.59. The minimum absolute atomic E-state index is 0.107. The van der Waals surface area contributed by atoms with Crippen molar-refractivity contribution in [1.82, 2.24) is 0 Å². The average Bonchev–Trinajstić information content (AvgIpc) is 2.42. The summed E-state index contributed by atoms with van der Waals surface area (Å²) < 4.78 is 0. The van der Waals surface area contributed by atoms with Crippen molar-refractivity contribution in [2.45, 2.75) is 26.7 Å². The van der Waals surface area contributed by atoms with Crippen LogP contribution in [0.15, 0.2) is 18.2 Å². The zero-order chi connectivity index (χ0) is 15.1. The first-order chi connectivity index (χ1) is 9.49. The maximum atomic E-state index is 11.5. The maximum Gasteiger partial charge on any atom is 0.280 e. The highest BCUT2D eigenvalue weighted by molar-refractivity contribution is 5.99. The summed E-state index contributed by atoms with van der Waals surface area (Å²) in [7, 11) is 0. The molecule has 0 aromatic heterocycles. The van der Waals surface area contributed by atoms with E-state index in [1.54, 1.807) is 6.07 Å². The molecule has 0 spiro atoms. The Morgan fingerprint density at radius 3 is 2.70 bits per heavy atom. The van der Waals surface area contributed by atoms with E-state index in [9.17, 15) is 14.9 Å². The number of aliphatic hydroxyl groups excluding tert-OH is 1. The van der Waals surface area contributed by atoms with Crippen LogP contribution in [0, 0.1) is 16.0 Å². The number of nitro benzene ring substituents is 1. The van der Waals surface area contributed by atoms with Crippen molar-refractivity contribution in [1.29, 1.82) is 0 Å². The smallest absolute Gasteiger partial charge is 0.280 e. The number of nitrogens with zero attached hydrogens (tertiary/aromatic N) is 1. The molecule has 0 amide bonds. The predicted molar refractivity (Wildman–Crippen MR) is 77.1 cm³/mol. The van der Waals surface area contributed by atoms with Gasteiger partial charge in [0.05, 0.1) is 10.5 Å². The fourth-order valence-electron chi connectivity index (χ4n) is 1.98. The number of aliphatic hydroxyl groups is 1. The van der Waals surface area contributed by atoms with Crippen molar-refractivity contribution in [3.05, 3.63) is 33.9 Å². The highest BCUT2D eigenvalue weighted by atomic mass is 16.6. The maximum absolute atomic E-state index is 11.5. The number of Topliss-reactive ketones (excluding diaryl/α,β-unsaturated/α-hetero) is 1. The van der Waals surface area contributed by atoms with Crippen LogP contribution in [0.2, 0.25) is 0 Å². The monoisotopic (exact) mass is 280 g/mol. The number of benzene rings is 1. The Morgan fingerprint density at radius 1 is 1.50 bits per heavy atom. The molecule has 1 aromatic carbocycles. The summed E-state index contributed by atoms with van der Waals surface area (Å²) in [5.41, 5.74) is 0.609. The van der Waals surface area contributed by atoms with E-state index in [2.05, 4.69) is 5.32 Å². The van der Waals surface area contributed by atoms with Crippen LogP contribution in [-0.2, 0) is 0 Å². The number of nitro groups is 1. The molecule has 1 rings (SSSR count). The lowest BCUT2D eigenvalue weighted by molar-refractivity contribution is -0.385. The molecule has 0 fully saturated rings. The van der Waals surface area contributed by atoms with Crippen LogP contribution in [0.5, 0.6) is 0 Å². The largest absolute Gasteiger partial charge is 0.396 e. The molecule has 110 valence electrons. The fraction of sp³-hybridized carbons (Fsp3) is 0.500. The Morgan fingerprint density at radius 2 is 2.20 bits per heavy atom. The SMILES string of the molecule is CCC(CCO)CNc1ccc([N+](=O)[O-])c(C(C)=O)c1. The van der Waals surface area contributed by atoms with Crippen molar-refractivity contribution < 1.29 is 14.8 Å². The Kier molecular flexibility index (Phi) is 6.11. The molecule has 0 aliphatic heterocycles. The highest BCUT2D eigenvalue weighted by Gasteiger charge is 2.17. The molecule has 0 aliphatic rings. The van der Waals surface area contributed by atoms with Gasteiger partial charge in [0.1, 0.15) is 0 Å². The van der Waals surface area contributed by atoms with Crippen LogP contribution in [0.25, 0.3) is 0 Å². The standard InChI is InChI=1S/C14H20N2O4/c1-3-11(6-7-17)9-15-12-4-5-14(16(19)20)13(8-12)10(2)18/h4-5,8,11,15,17H,3,6-7,9H2,1-2H3. The molecule has 0 saturated heterocycles. The van der Waals surface area contributed by atoms with E-state index >= 15 is 0 Å². The van der Waals surface area contributed by atoms with Crippen LogP contribution in [0.1, 0.15) is 37.0 Å². The summed E-state index contributed by atoms with van der Waals surface area (Å²) in [5.74, 6) is -0.00119. The molecule has 2 N–H and O–H groups in total. The molecule has 0 aliphatic carbocycles. The normalized spacial score (nSPS) is 11.9. The van der Waals surface area contributed by atoms with Gasteiger partial charge in [0.15, 0.2) is 5.78 Å². The van der Waals surface area contributed by atoms with E-state index < -0.39 is 4.92 Å². The van der Waals surface area contributed by atoms with Gasteiger partial charge in [0.25, 0.3) is 5.69 Å². The Bertz CT molecular complexity index is 488. The lowest BCUT2D eigenvalue weighted by atomic mass is 10.0. The topological polar surface area (TPSA) is 92.5 Å². The van der Waals surface area contributed by atoms with Crippen LogP contribution >= 0.6 is 0 Å². The predicted octanol–water partition coefficient (Wildman–Crippen LogP) is 2.62. The summed E-state index contributed by atoms with van der Waals surface area (Å²) in [4.78, 5) is 21.7. The van der Waals surface area contributed by atoms with Crippen molar-refractivity contribution in [2.75, 3.05) is 18.5 Å². The molecule has 0 heterocycles. The first-order valence-electron chi connectivity index (χ1n) is 6.63. The van der Waals surface area contributed by atoms with E-state index in [-0.39, 0.29) is 23.6 Å². The zero-order valence-corrected chi connectivity index (χ0v) is 11.8. The van der Waals surface area contributed by atoms with E-state index in [0.717, 1.165) is 6.42 Å². The number of carbonyl (C=O) groups is 1. The first kappa shape index (κ1) is 16.1. The number of carbonyl (C=O) groups excluding carboxylic acids is 1. The van der Waals surface area contributed by atoms with Crippen molar-refractivity contribution in [3.8, 4) is 0 Å². The van der Waals surface area contributed by atoms with E-state index in [0.29, 0.717) is 24.6 Å². The van der Waals surface area contributed by atoms with Gasteiger partial charge in [-0.2, -0.15) is 0 Å². The van der Waals surface area contributed by atoms with Crippen LogP contribution in [0.3, 0.4) is 0 Å². The van der Waals surface area contributed by atoms with Crippen LogP contribution < -0.4 is 5.32 Å². The lowest BCUT2D eigenvalue weighted by Crippen LogP contribution is -2.15. The fourth-order valence-corrected chi connectivity index (χ4v) is 1.98. The minimum atomic E-state index is -0.554. The molecule has 0 saturated carbocycles. The second-order valence-corrected chi connectivity index (χ2v) is 4.71. The quantitative estimate of drug-likeness (QED) is 0.434. The molecule has 1 aromatic rings. The summed E-state index contributed by atoms with van der Waals surface area (Å²) in [6.45, 7) is 4.15. The van der Waals surface area contributed by atoms with Gasteiger partial charge in [-0.3, -0.25) is 14.9 Å². The number of nitrogens with one attached hydrogen (secondary N) is 1. The van der Waals surface area contributed by atoms with Crippen molar-refractivity contribution in [2.24, 2.45) is 5.92 Å². The van der Waals surface area contributed by atoms with Crippen LogP contribution in [0.4, 0.5) is 11.4 Å². The molecular weight excluding hydrogens is 260 g/mol. The van der Waals surface area contributed by atoms with Gasteiger partial charge in [-0.1, -0.05) is 13.3 Å². The highest BCUT2D eigenvalue weighted by Crippen LogP contribution is 2.23. The molecule has 0 radical (unpaired) electrons. The van der Waals surface area contributed by atoms with Crippen LogP contribution in [-0.4, -0.2) is 29.0 Å². The van der Waals surface area contributed by atoms with Gasteiger partial charge in [0, 0.05) is 24.9 Å². The molecule has 1 unspecified atom stereocenters. The minimum Gasteiger partial charge on any atom is -0.396 e. The second-order valence-electron chi connectivity index (χ2n) is 4.71. The van der Waals surface area contributed by atoms with Crippen molar-refractivity contribution >= 4 is 17.2 Å². The Hall–Kier alpha value is -1.95. The first-order valence-corrected chi connectivity index (χ1v) is 6.63. The number of ketones is 1. The number of anilines is 1. The van der Waals surface area contributed by atoms with Gasteiger partial charge in [-0.05, 0) is 31.4 Å². The molecular formula is C14H20N2O4. The van der Waals surface area contributed by atoms with E-state index in [1.807, 2.05) is 6.92 Å². The zero-order valence-electron chi connectivity index (χ0n) is 11.8. The van der Waals surface area contributed by atoms with E-state index in [1.165, 1.54) is 19.1 Å². The Labute approximate surface area is 118 Å². The molecule has 1 atom stereocenters. The number of hydrogen-bond acceptors (Lipinski definition) is 5. The summed E-state index contributed by atoms with van der Waals surface area (Å²) >= 11 is 0. The number of hydrogen-bond donors (Lipinski definition) is 2. The van der Waals surface area contributed by atoms with Crippen molar-refractivity contribution in [3.63, 3.8) is 0 Å². The Balaban J connectivity index is 2.84. The lowest BCUT2D eigenvalue weighted by Gasteiger charge is -2.15. The third-order valence-electron chi connectivity index (χ3n) is 3.28. The molecule has 6 nitrogen and oxygen atoms in total. The van der Waals surface area contributed by atoms with Gasteiger partial charge in [-0.25, -0.2) is 0 Å². The van der Waals surface area contributed by atoms with Gasteiger partial charge < -0.3 is 10.4 Å². The molecule has 20 heavy (non-hydrogen) atoms. The third kappa shape index (κ3) is 4.31. The average molecular weight is 280 g/mol. The molecule has 0 bridgehead atoms. The molecule has 6 heteroatoms. The summed E-state index contributed by atoms with van der Waals surface area (Å²) in [6.07, 6.45) is 1.64. The summed E-state index contributed by atoms with van der Waals surface area (Å²) in [6, 6.07) is 4.44.